The fraction of sp³-hybridized carbons (Fsp3) is 0.600. The normalized spacial score (nSPS) is 18.2. The van der Waals surface area contributed by atoms with Crippen LogP contribution in [-0.4, -0.2) is 12.5 Å². The molecule has 94 valence electrons. The number of ether oxygens (including phenoxy) is 1. The number of aryl methyl sites for hydroxylation is 1. The fourth-order valence-corrected chi connectivity index (χ4v) is 3.12. The first kappa shape index (κ1) is 12.8. The molecule has 1 atom stereocenters. The summed E-state index contributed by atoms with van der Waals surface area (Å²) in [5, 5.41) is 0.336. The van der Waals surface area contributed by atoms with Crippen LogP contribution in [0.25, 0.3) is 0 Å². The number of benzene rings is 1. The zero-order valence-corrected chi connectivity index (χ0v) is 11.2. The van der Waals surface area contributed by atoms with Crippen LogP contribution in [-0.2, 0) is 6.42 Å². The van der Waals surface area contributed by atoms with Gasteiger partial charge in [-0.25, -0.2) is 0 Å². The van der Waals surface area contributed by atoms with Gasteiger partial charge in [-0.15, -0.1) is 11.6 Å². The lowest BCUT2D eigenvalue weighted by Crippen LogP contribution is -2.12. The number of methoxy groups -OCH3 is 1. The van der Waals surface area contributed by atoms with E-state index in [-0.39, 0.29) is 0 Å². The highest BCUT2D eigenvalue weighted by Crippen LogP contribution is 2.33. The number of para-hydroxylation sites is 1. The summed E-state index contributed by atoms with van der Waals surface area (Å²) < 4.78 is 5.36. The van der Waals surface area contributed by atoms with E-state index >= 15 is 0 Å². The maximum absolute atomic E-state index is 6.49. The third kappa shape index (κ3) is 3.38. The Labute approximate surface area is 109 Å². The molecule has 1 nitrogen and oxygen atoms in total. The molecule has 1 unspecified atom stereocenters. The van der Waals surface area contributed by atoms with Crippen LogP contribution in [0, 0.1) is 5.92 Å². The Bertz CT molecular complexity index is 345. The predicted molar refractivity (Wildman–Crippen MR) is 72.9 cm³/mol. The summed E-state index contributed by atoms with van der Waals surface area (Å²) >= 11 is 6.49. The second kappa shape index (κ2) is 6.30. The van der Waals surface area contributed by atoms with Gasteiger partial charge in [-0.1, -0.05) is 31.0 Å². The smallest absolute Gasteiger partial charge is 0.122 e. The van der Waals surface area contributed by atoms with Crippen LogP contribution >= 0.6 is 11.6 Å². The molecule has 1 aromatic rings. The average Bonchev–Trinajstić information content (AvgIpc) is 2.90. The summed E-state index contributed by atoms with van der Waals surface area (Å²) in [6.07, 6.45) is 7.45. The third-order valence-corrected chi connectivity index (χ3v) is 4.37. The molecule has 17 heavy (non-hydrogen) atoms. The molecule has 0 heterocycles. The van der Waals surface area contributed by atoms with Crippen molar-refractivity contribution >= 4 is 11.6 Å². The molecule has 0 aliphatic heterocycles. The van der Waals surface area contributed by atoms with Gasteiger partial charge in [0.25, 0.3) is 0 Å². The van der Waals surface area contributed by atoms with Crippen LogP contribution in [0.5, 0.6) is 5.75 Å². The Balaban J connectivity index is 1.88. The quantitative estimate of drug-likeness (QED) is 0.705. The van der Waals surface area contributed by atoms with Crippen molar-refractivity contribution in [3.05, 3.63) is 29.8 Å². The largest absolute Gasteiger partial charge is 0.496 e. The summed E-state index contributed by atoms with van der Waals surface area (Å²) in [6, 6.07) is 8.24. The maximum atomic E-state index is 6.49. The second-order valence-electron chi connectivity index (χ2n) is 4.91. The van der Waals surface area contributed by atoms with Crippen molar-refractivity contribution in [1.29, 1.82) is 0 Å². The lowest BCUT2D eigenvalue weighted by atomic mass is 9.97. The van der Waals surface area contributed by atoms with E-state index in [1.807, 2.05) is 12.1 Å². The van der Waals surface area contributed by atoms with Crippen molar-refractivity contribution in [2.24, 2.45) is 5.92 Å². The minimum atomic E-state index is 0.336. The maximum Gasteiger partial charge on any atom is 0.122 e. The van der Waals surface area contributed by atoms with Crippen LogP contribution in [0.4, 0.5) is 0 Å². The van der Waals surface area contributed by atoms with E-state index in [1.54, 1.807) is 7.11 Å². The van der Waals surface area contributed by atoms with Crippen molar-refractivity contribution in [3.63, 3.8) is 0 Å². The first-order chi connectivity index (χ1) is 8.31. The van der Waals surface area contributed by atoms with Crippen molar-refractivity contribution in [3.8, 4) is 5.75 Å². The topological polar surface area (TPSA) is 9.23 Å². The second-order valence-corrected chi connectivity index (χ2v) is 5.47. The van der Waals surface area contributed by atoms with E-state index < -0.39 is 0 Å². The van der Waals surface area contributed by atoms with Crippen LogP contribution in [0.3, 0.4) is 0 Å². The molecule has 0 amide bonds. The van der Waals surface area contributed by atoms with Crippen molar-refractivity contribution in [2.45, 2.75) is 43.9 Å². The lowest BCUT2D eigenvalue weighted by Gasteiger charge is -2.17. The molecule has 0 bridgehead atoms. The van der Waals surface area contributed by atoms with Crippen LogP contribution < -0.4 is 4.74 Å². The van der Waals surface area contributed by atoms with E-state index in [1.165, 1.54) is 31.2 Å². The molecule has 2 heteroatoms. The molecule has 1 fully saturated rings. The highest BCUT2D eigenvalue weighted by atomic mass is 35.5. The molecule has 0 radical (unpaired) electrons. The molecule has 0 saturated heterocycles. The molecule has 2 rings (SSSR count). The monoisotopic (exact) mass is 252 g/mol. The number of hydrogen-bond acceptors (Lipinski definition) is 1. The Morgan fingerprint density at radius 1 is 1.29 bits per heavy atom. The van der Waals surface area contributed by atoms with Gasteiger partial charge in [-0.3, -0.25) is 0 Å². The molecule has 1 aromatic carbocycles. The van der Waals surface area contributed by atoms with Crippen LogP contribution in [0.2, 0.25) is 0 Å². The molecule has 1 aliphatic carbocycles. The predicted octanol–water partition coefficient (Wildman–Crippen LogP) is 4.43. The molecular weight excluding hydrogens is 232 g/mol. The average molecular weight is 253 g/mol. The van der Waals surface area contributed by atoms with E-state index in [2.05, 4.69) is 12.1 Å². The number of rotatable bonds is 5. The highest BCUT2D eigenvalue weighted by molar-refractivity contribution is 6.20. The highest BCUT2D eigenvalue weighted by Gasteiger charge is 2.23. The Morgan fingerprint density at radius 3 is 2.71 bits per heavy atom. The Kier molecular flexibility index (Phi) is 4.73. The standard InChI is InChI=1S/C15H21ClO/c1-17-15-9-5-4-8-13(15)10-11-14(16)12-6-2-3-7-12/h4-5,8-9,12,14H,2-3,6-7,10-11H2,1H3. The van der Waals surface area contributed by atoms with Gasteiger partial charge in [0.2, 0.25) is 0 Å². The van der Waals surface area contributed by atoms with Gasteiger partial charge >= 0.3 is 0 Å². The first-order valence-corrected chi connectivity index (χ1v) is 7.01. The number of halogens is 1. The van der Waals surface area contributed by atoms with Gasteiger partial charge < -0.3 is 4.74 Å². The third-order valence-electron chi connectivity index (χ3n) is 3.79. The minimum Gasteiger partial charge on any atom is -0.496 e. The number of alkyl halides is 1. The SMILES string of the molecule is COc1ccccc1CCC(Cl)C1CCCC1. The summed E-state index contributed by atoms with van der Waals surface area (Å²) in [6.45, 7) is 0. The Hall–Kier alpha value is -0.690. The number of hydrogen-bond donors (Lipinski definition) is 0. The van der Waals surface area contributed by atoms with Crippen molar-refractivity contribution < 1.29 is 4.74 Å². The van der Waals surface area contributed by atoms with Gasteiger partial charge in [0.05, 0.1) is 7.11 Å². The van der Waals surface area contributed by atoms with Crippen LogP contribution in [0.15, 0.2) is 24.3 Å². The molecule has 0 spiro atoms. The summed E-state index contributed by atoms with van der Waals surface area (Å²) in [7, 11) is 1.73. The van der Waals surface area contributed by atoms with Gasteiger partial charge in [-0.05, 0) is 43.2 Å². The van der Waals surface area contributed by atoms with E-state index in [0.717, 1.165) is 24.5 Å². The lowest BCUT2D eigenvalue weighted by molar-refractivity contribution is 0.407. The summed E-state index contributed by atoms with van der Waals surface area (Å²) in [5.74, 6) is 1.73. The van der Waals surface area contributed by atoms with E-state index in [0.29, 0.717) is 5.38 Å². The van der Waals surface area contributed by atoms with Gasteiger partial charge in [0.15, 0.2) is 0 Å². The van der Waals surface area contributed by atoms with Crippen LogP contribution in [0.1, 0.15) is 37.7 Å². The first-order valence-electron chi connectivity index (χ1n) is 6.57. The molecule has 1 saturated carbocycles. The molecular formula is C15H21ClO. The fourth-order valence-electron chi connectivity index (χ4n) is 2.76. The van der Waals surface area contributed by atoms with E-state index in [4.69, 9.17) is 16.3 Å². The van der Waals surface area contributed by atoms with Gasteiger partial charge in [-0.2, -0.15) is 0 Å². The minimum absolute atomic E-state index is 0.336. The molecule has 1 aliphatic rings. The zero-order valence-electron chi connectivity index (χ0n) is 10.5. The van der Waals surface area contributed by atoms with E-state index in [9.17, 15) is 0 Å². The van der Waals surface area contributed by atoms with Crippen molar-refractivity contribution in [2.75, 3.05) is 7.11 Å². The molecule has 0 aromatic heterocycles. The van der Waals surface area contributed by atoms with Crippen molar-refractivity contribution in [1.82, 2.24) is 0 Å². The Morgan fingerprint density at radius 2 is 2.00 bits per heavy atom. The van der Waals surface area contributed by atoms with Gasteiger partial charge in [0, 0.05) is 5.38 Å². The summed E-state index contributed by atoms with van der Waals surface area (Å²) in [5.41, 5.74) is 1.28. The summed E-state index contributed by atoms with van der Waals surface area (Å²) in [4.78, 5) is 0. The molecule has 0 N–H and O–H groups in total. The van der Waals surface area contributed by atoms with Gasteiger partial charge in [0.1, 0.15) is 5.75 Å². The zero-order chi connectivity index (χ0) is 12.1.